The molecule has 2 rings (SSSR count). The Morgan fingerprint density at radius 1 is 1.14 bits per heavy atom. The molecule has 108 valence electrons. The minimum Gasteiger partial charge on any atom is -0.480 e. The van der Waals surface area contributed by atoms with E-state index in [4.69, 9.17) is 0 Å². The van der Waals surface area contributed by atoms with E-state index in [9.17, 15) is 14.7 Å². The number of carboxylic acids is 1. The second-order valence-electron chi connectivity index (χ2n) is 4.40. The first-order valence-electron chi connectivity index (χ1n) is 6.26. The van der Waals surface area contributed by atoms with Gasteiger partial charge in [-0.05, 0) is 33.6 Å². The molecule has 0 aliphatic carbocycles. The van der Waals surface area contributed by atoms with Gasteiger partial charge in [0.2, 0.25) is 0 Å². The van der Waals surface area contributed by atoms with Gasteiger partial charge in [0.15, 0.2) is 0 Å². The van der Waals surface area contributed by atoms with Gasteiger partial charge in [-0.3, -0.25) is 4.79 Å². The van der Waals surface area contributed by atoms with Gasteiger partial charge in [0.1, 0.15) is 16.3 Å². The third-order valence-corrected chi connectivity index (χ3v) is 3.28. The zero-order chi connectivity index (χ0) is 15.2. The third-order valence-electron chi connectivity index (χ3n) is 2.83. The van der Waals surface area contributed by atoms with Crippen LogP contribution in [-0.4, -0.2) is 28.0 Å². The predicted octanol–water partition coefficient (Wildman–Crippen LogP) is 2.27. The van der Waals surface area contributed by atoms with Crippen molar-refractivity contribution >= 4 is 27.8 Å². The molecule has 21 heavy (non-hydrogen) atoms. The van der Waals surface area contributed by atoms with Crippen molar-refractivity contribution in [3.05, 3.63) is 64.4 Å². The van der Waals surface area contributed by atoms with Crippen LogP contribution >= 0.6 is 15.9 Å². The highest BCUT2D eigenvalue weighted by Gasteiger charge is 2.21. The number of hydrogen-bond acceptors (Lipinski definition) is 3. The number of carbonyl (C=O) groups is 2. The molecule has 1 aromatic carbocycles. The van der Waals surface area contributed by atoms with Crippen molar-refractivity contribution in [3.63, 3.8) is 0 Å². The number of carboxylic acid groups (broad SMARTS) is 1. The second kappa shape index (κ2) is 6.99. The van der Waals surface area contributed by atoms with Gasteiger partial charge in [-0.1, -0.05) is 36.4 Å². The number of rotatable bonds is 5. The van der Waals surface area contributed by atoms with Crippen LogP contribution < -0.4 is 5.32 Å². The summed E-state index contributed by atoms with van der Waals surface area (Å²) < 4.78 is 0.519. The highest BCUT2D eigenvalue weighted by atomic mass is 79.9. The summed E-state index contributed by atoms with van der Waals surface area (Å²) in [5.74, 6) is -1.60. The van der Waals surface area contributed by atoms with Gasteiger partial charge in [0.05, 0.1) is 0 Å². The van der Waals surface area contributed by atoms with Gasteiger partial charge in [0, 0.05) is 6.42 Å². The highest BCUT2D eigenvalue weighted by Crippen LogP contribution is 2.08. The Morgan fingerprint density at radius 3 is 2.48 bits per heavy atom. The Labute approximate surface area is 130 Å². The van der Waals surface area contributed by atoms with Gasteiger partial charge in [-0.15, -0.1) is 0 Å². The summed E-state index contributed by atoms with van der Waals surface area (Å²) in [6.07, 6.45) is 0.218. The molecule has 0 unspecified atom stereocenters. The molecule has 0 aliphatic rings. The molecule has 0 spiro atoms. The third kappa shape index (κ3) is 4.39. The van der Waals surface area contributed by atoms with Crippen molar-refractivity contribution in [2.75, 3.05) is 0 Å². The first kappa shape index (κ1) is 15.2. The van der Waals surface area contributed by atoms with E-state index in [0.717, 1.165) is 5.56 Å². The average Bonchev–Trinajstić information content (AvgIpc) is 2.47. The lowest BCUT2D eigenvalue weighted by molar-refractivity contribution is -0.139. The number of halogens is 1. The Balaban J connectivity index is 2.10. The molecule has 5 nitrogen and oxygen atoms in total. The molecule has 0 aliphatic heterocycles. The van der Waals surface area contributed by atoms with E-state index in [1.54, 1.807) is 12.1 Å². The SMILES string of the molecule is O=C(N[C@@H](Cc1ccccc1)C(=O)O)c1cccc(Br)n1. The lowest BCUT2D eigenvalue weighted by Gasteiger charge is -2.14. The highest BCUT2D eigenvalue weighted by molar-refractivity contribution is 9.10. The number of benzene rings is 1. The number of hydrogen-bond donors (Lipinski definition) is 2. The molecule has 1 aromatic heterocycles. The van der Waals surface area contributed by atoms with Crippen LogP contribution in [-0.2, 0) is 11.2 Å². The molecule has 0 bridgehead atoms. The lowest BCUT2D eigenvalue weighted by atomic mass is 10.1. The zero-order valence-corrected chi connectivity index (χ0v) is 12.6. The maximum atomic E-state index is 12.0. The first-order chi connectivity index (χ1) is 10.1. The van der Waals surface area contributed by atoms with E-state index in [-0.39, 0.29) is 12.1 Å². The maximum Gasteiger partial charge on any atom is 0.326 e. The van der Waals surface area contributed by atoms with Gasteiger partial charge in [0.25, 0.3) is 5.91 Å². The minimum atomic E-state index is -1.08. The summed E-state index contributed by atoms with van der Waals surface area (Å²) >= 11 is 3.17. The van der Waals surface area contributed by atoms with Crippen LogP contribution in [0.4, 0.5) is 0 Å². The minimum absolute atomic E-state index is 0.170. The van der Waals surface area contributed by atoms with Crippen molar-refractivity contribution in [2.24, 2.45) is 0 Å². The molecule has 0 radical (unpaired) electrons. The van der Waals surface area contributed by atoms with Crippen LogP contribution in [0, 0.1) is 0 Å². The predicted molar refractivity (Wildman–Crippen MR) is 81.0 cm³/mol. The van der Waals surface area contributed by atoms with Crippen LogP contribution in [0.2, 0.25) is 0 Å². The molecule has 0 saturated carbocycles. The largest absolute Gasteiger partial charge is 0.480 e. The molecule has 1 amide bonds. The van der Waals surface area contributed by atoms with Crippen LogP contribution in [0.3, 0.4) is 0 Å². The smallest absolute Gasteiger partial charge is 0.326 e. The topological polar surface area (TPSA) is 79.3 Å². The molecular weight excluding hydrogens is 336 g/mol. The Hall–Kier alpha value is -2.21. The molecule has 2 N–H and O–H groups in total. The Kier molecular flexibility index (Phi) is 5.05. The van der Waals surface area contributed by atoms with Gasteiger partial charge in [-0.2, -0.15) is 0 Å². The van der Waals surface area contributed by atoms with Crippen molar-refractivity contribution in [1.82, 2.24) is 10.3 Å². The van der Waals surface area contributed by atoms with Crippen molar-refractivity contribution in [2.45, 2.75) is 12.5 Å². The molecule has 0 fully saturated rings. The fourth-order valence-corrected chi connectivity index (χ4v) is 2.16. The Morgan fingerprint density at radius 2 is 1.86 bits per heavy atom. The average molecular weight is 349 g/mol. The fourth-order valence-electron chi connectivity index (χ4n) is 1.82. The number of aliphatic carboxylic acids is 1. The fraction of sp³-hybridized carbons (Fsp3) is 0.133. The van der Waals surface area contributed by atoms with E-state index in [2.05, 4.69) is 26.2 Å². The van der Waals surface area contributed by atoms with Gasteiger partial charge >= 0.3 is 5.97 Å². The molecule has 6 heteroatoms. The molecule has 0 saturated heterocycles. The van der Waals surface area contributed by atoms with E-state index in [1.165, 1.54) is 6.07 Å². The van der Waals surface area contributed by atoms with E-state index < -0.39 is 17.9 Å². The van der Waals surface area contributed by atoms with Crippen LogP contribution in [0.5, 0.6) is 0 Å². The number of nitrogens with one attached hydrogen (secondary N) is 1. The second-order valence-corrected chi connectivity index (χ2v) is 5.21. The van der Waals surface area contributed by atoms with Crippen LogP contribution in [0.1, 0.15) is 16.1 Å². The zero-order valence-electron chi connectivity index (χ0n) is 11.0. The molecular formula is C15H13BrN2O3. The summed E-state index contributed by atoms with van der Waals surface area (Å²) in [6.45, 7) is 0. The number of pyridine rings is 1. The summed E-state index contributed by atoms with van der Waals surface area (Å²) in [4.78, 5) is 27.3. The summed E-state index contributed by atoms with van der Waals surface area (Å²) in [7, 11) is 0. The normalized spacial score (nSPS) is 11.7. The molecule has 1 atom stereocenters. The number of aromatic nitrogens is 1. The quantitative estimate of drug-likeness (QED) is 0.812. The first-order valence-corrected chi connectivity index (χ1v) is 7.05. The monoisotopic (exact) mass is 348 g/mol. The molecule has 1 heterocycles. The van der Waals surface area contributed by atoms with E-state index in [0.29, 0.717) is 4.60 Å². The van der Waals surface area contributed by atoms with Crippen LogP contribution in [0.15, 0.2) is 53.1 Å². The maximum absolute atomic E-state index is 12.0. The van der Waals surface area contributed by atoms with Crippen molar-refractivity contribution < 1.29 is 14.7 Å². The molecule has 2 aromatic rings. The van der Waals surface area contributed by atoms with Gasteiger partial charge in [-0.25, -0.2) is 9.78 Å². The van der Waals surface area contributed by atoms with Crippen molar-refractivity contribution in [3.8, 4) is 0 Å². The van der Waals surface area contributed by atoms with Crippen molar-refractivity contribution in [1.29, 1.82) is 0 Å². The summed E-state index contributed by atoms with van der Waals surface area (Å²) in [5.41, 5.74) is 1.01. The van der Waals surface area contributed by atoms with Crippen LogP contribution in [0.25, 0.3) is 0 Å². The Bertz CT molecular complexity index is 646. The van der Waals surface area contributed by atoms with Gasteiger partial charge < -0.3 is 10.4 Å². The summed E-state index contributed by atoms with van der Waals surface area (Å²) in [6, 6.07) is 13.0. The number of amides is 1. The number of nitrogens with zero attached hydrogens (tertiary/aromatic N) is 1. The number of carbonyl (C=O) groups excluding carboxylic acids is 1. The standard InChI is InChI=1S/C15H13BrN2O3/c16-13-8-4-7-11(17-13)14(19)18-12(15(20)21)9-10-5-2-1-3-6-10/h1-8,12H,9H2,(H,18,19)(H,20,21)/t12-/m0/s1. The van der Waals surface area contributed by atoms with E-state index >= 15 is 0 Å². The lowest BCUT2D eigenvalue weighted by Crippen LogP contribution is -2.42. The summed E-state index contributed by atoms with van der Waals surface area (Å²) in [5, 5.41) is 11.7. The van der Waals surface area contributed by atoms with E-state index in [1.807, 2.05) is 30.3 Å².